The molecule has 0 atom stereocenters. The molecule has 0 spiro atoms. The summed E-state index contributed by atoms with van der Waals surface area (Å²) in [6.45, 7) is 2.20. The minimum Gasteiger partial charge on any atom is -0.348 e. The third-order valence-corrected chi connectivity index (χ3v) is 7.52. The predicted molar refractivity (Wildman–Crippen MR) is 148 cm³/mol. The molecule has 0 aliphatic carbocycles. The molecule has 1 heterocycles. The number of carbonyl (C=O) groups excluding carboxylic acids is 2. The minimum atomic E-state index is -4.68. The number of rotatable bonds is 9. The smallest absolute Gasteiger partial charge is 0.348 e. The van der Waals surface area contributed by atoms with Gasteiger partial charge in [0.1, 0.15) is 5.56 Å². The summed E-state index contributed by atoms with van der Waals surface area (Å²) in [4.78, 5) is 43.5. The summed E-state index contributed by atoms with van der Waals surface area (Å²) in [6.07, 6.45) is -3.62. The first-order chi connectivity index (χ1) is 19.0. The molecule has 41 heavy (non-hydrogen) atoms. The molecule has 0 unspecified atom stereocenters. The zero-order valence-corrected chi connectivity index (χ0v) is 24.1. The van der Waals surface area contributed by atoms with Crippen molar-refractivity contribution in [2.75, 3.05) is 40.5 Å². The van der Waals surface area contributed by atoms with Crippen LogP contribution >= 0.6 is 0 Å². The molecule has 3 aromatic rings. The molecule has 9 nitrogen and oxygen atoms in total. The van der Waals surface area contributed by atoms with Gasteiger partial charge in [-0.3, -0.25) is 19.0 Å². The number of benzene rings is 2. The molecule has 3 rings (SSSR count). The first-order valence-corrected chi connectivity index (χ1v) is 14.3. The third kappa shape index (κ3) is 7.61. The second kappa shape index (κ2) is 12.3. The van der Waals surface area contributed by atoms with Crippen LogP contribution in [0.3, 0.4) is 0 Å². The largest absolute Gasteiger partial charge is 0.416 e. The quantitative estimate of drug-likeness (QED) is 0.409. The number of alkyl halides is 3. The highest BCUT2D eigenvalue weighted by atomic mass is 32.2. The van der Waals surface area contributed by atoms with Gasteiger partial charge in [-0.05, 0) is 63.0 Å². The Labute approximate surface area is 236 Å². The van der Waals surface area contributed by atoms with Crippen LogP contribution in [0.4, 0.5) is 13.2 Å². The topological polar surface area (TPSA) is 109 Å². The van der Waals surface area contributed by atoms with Crippen LogP contribution in [0.15, 0.2) is 64.3 Å². The average Bonchev–Trinajstić information content (AvgIpc) is 2.89. The molecular weight excluding hydrogens is 561 g/mol. The summed E-state index contributed by atoms with van der Waals surface area (Å²) in [5.74, 6) is -1.37. The van der Waals surface area contributed by atoms with Crippen LogP contribution in [-0.2, 0) is 22.6 Å². The SMILES string of the molecule is Cc1c(C(=O)N(C)CCN(C)C)cc(C(=O)NCc2ccc(S(C)(=O)=O)cc2)c(=O)n1-c1cccc(C(F)(F)F)c1. The van der Waals surface area contributed by atoms with Gasteiger partial charge in [-0.15, -0.1) is 0 Å². The van der Waals surface area contributed by atoms with Crippen molar-refractivity contribution in [1.29, 1.82) is 0 Å². The first-order valence-electron chi connectivity index (χ1n) is 12.4. The molecule has 0 aliphatic rings. The number of carbonyl (C=O) groups is 2. The lowest BCUT2D eigenvalue weighted by molar-refractivity contribution is -0.137. The third-order valence-electron chi connectivity index (χ3n) is 6.39. The van der Waals surface area contributed by atoms with Crippen molar-refractivity contribution in [3.8, 4) is 5.69 Å². The summed E-state index contributed by atoms with van der Waals surface area (Å²) in [6, 6.07) is 11.0. The molecule has 0 fully saturated rings. The van der Waals surface area contributed by atoms with E-state index in [-0.39, 0.29) is 28.4 Å². The number of nitrogens with one attached hydrogen (secondary N) is 1. The highest BCUT2D eigenvalue weighted by molar-refractivity contribution is 7.90. The summed E-state index contributed by atoms with van der Waals surface area (Å²) in [7, 11) is 1.79. The number of pyridine rings is 1. The highest BCUT2D eigenvalue weighted by Gasteiger charge is 2.31. The highest BCUT2D eigenvalue weighted by Crippen LogP contribution is 2.30. The second-order valence-electron chi connectivity index (χ2n) is 9.87. The van der Waals surface area contributed by atoms with E-state index < -0.39 is 44.5 Å². The van der Waals surface area contributed by atoms with Gasteiger partial charge in [0.15, 0.2) is 9.84 Å². The van der Waals surface area contributed by atoms with Crippen LogP contribution in [0.1, 0.15) is 37.5 Å². The molecular formula is C28H31F3N4O5S. The van der Waals surface area contributed by atoms with E-state index in [1.54, 1.807) is 7.05 Å². The molecule has 0 saturated carbocycles. The van der Waals surface area contributed by atoms with E-state index in [1.807, 2.05) is 19.0 Å². The van der Waals surface area contributed by atoms with E-state index in [9.17, 15) is 36.0 Å². The number of likely N-dealkylation sites (N-methyl/N-ethyl adjacent to an activating group) is 2. The number of hydrogen-bond acceptors (Lipinski definition) is 6. The lowest BCUT2D eigenvalue weighted by atomic mass is 10.1. The van der Waals surface area contributed by atoms with Crippen molar-refractivity contribution in [2.45, 2.75) is 24.5 Å². The van der Waals surface area contributed by atoms with Gasteiger partial charge in [0.2, 0.25) is 0 Å². The monoisotopic (exact) mass is 592 g/mol. The van der Waals surface area contributed by atoms with Gasteiger partial charge in [0, 0.05) is 44.3 Å². The van der Waals surface area contributed by atoms with Crippen molar-refractivity contribution >= 4 is 21.7 Å². The fourth-order valence-corrected chi connectivity index (χ4v) is 4.63. The molecule has 2 aromatic carbocycles. The molecule has 2 amide bonds. The van der Waals surface area contributed by atoms with Gasteiger partial charge in [0.25, 0.3) is 17.4 Å². The Balaban J connectivity index is 2.07. The van der Waals surface area contributed by atoms with E-state index in [1.165, 1.54) is 42.2 Å². The second-order valence-corrected chi connectivity index (χ2v) is 11.9. The fourth-order valence-electron chi connectivity index (χ4n) is 4.00. The van der Waals surface area contributed by atoms with Crippen LogP contribution in [0, 0.1) is 6.92 Å². The standard InChI is InChI=1S/C28H31F3N4O5S/c1-18-23(26(37)34(4)14-13-33(2)3)16-24(25(36)32-17-19-9-11-22(12-10-19)41(5,39)40)27(38)35(18)21-8-6-7-20(15-21)28(29,30)31/h6-12,15-16H,13-14,17H2,1-5H3,(H,32,36). The molecule has 1 aromatic heterocycles. The van der Waals surface area contributed by atoms with Crippen molar-refractivity contribution < 1.29 is 31.2 Å². The zero-order valence-electron chi connectivity index (χ0n) is 23.2. The normalized spacial score (nSPS) is 11.9. The van der Waals surface area contributed by atoms with Gasteiger partial charge >= 0.3 is 6.18 Å². The Hall–Kier alpha value is -3.97. The van der Waals surface area contributed by atoms with Gasteiger partial charge in [0.05, 0.1) is 16.0 Å². The minimum absolute atomic E-state index is 0.0223. The summed E-state index contributed by atoms with van der Waals surface area (Å²) in [5.41, 5.74) is -1.90. The Morgan fingerprint density at radius 3 is 2.15 bits per heavy atom. The first kappa shape index (κ1) is 31.6. The van der Waals surface area contributed by atoms with Crippen LogP contribution in [0.2, 0.25) is 0 Å². The Kier molecular flexibility index (Phi) is 9.44. The maximum Gasteiger partial charge on any atom is 0.416 e. The molecule has 0 aliphatic heterocycles. The van der Waals surface area contributed by atoms with Gasteiger partial charge < -0.3 is 15.1 Å². The number of hydrogen-bond donors (Lipinski definition) is 1. The van der Waals surface area contributed by atoms with Crippen LogP contribution in [0.25, 0.3) is 5.69 Å². The zero-order chi connectivity index (χ0) is 30.7. The Morgan fingerprint density at radius 1 is 0.951 bits per heavy atom. The van der Waals surface area contributed by atoms with Gasteiger partial charge in [-0.2, -0.15) is 13.2 Å². The van der Waals surface area contributed by atoms with Gasteiger partial charge in [-0.25, -0.2) is 8.42 Å². The van der Waals surface area contributed by atoms with Crippen LogP contribution in [-0.4, -0.2) is 75.1 Å². The predicted octanol–water partition coefficient (Wildman–Crippen LogP) is 3.13. The van der Waals surface area contributed by atoms with Crippen molar-refractivity contribution in [3.05, 3.63) is 92.9 Å². The molecule has 1 N–H and O–H groups in total. The fraction of sp³-hybridized carbons (Fsp3) is 0.321. The Bertz CT molecular complexity index is 1620. The maximum atomic E-state index is 13.5. The van der Waals surface area contributed by atoms with E-state index in [0.29, 0.717) is 18.7 Å². The number of nitrogens with zero attached hydrogens (tertiary/aromatic N) is 3. The summed E-state index contributed by atoms with van der Waals surface area (Å²) < 4.78 is 64.7. The van der Waals surface area contributed by atoms with Crippen LogP contribution < -0.4 is 10.9 Å². The molecule has 13 heteroatoms. The van der Waals surface area contributed by atoms with Crippen molar-refractivity contribution in [1.82, 2.24) is 19.7 Å². The number of aromatic nitrogens is 1. The van der Waals surface area contributed by atoms with E-state index in [2.05, 4.69) is 5.32 Å². The number of halogens is 3. The van der Waals surface area contributed by atoms with Gasteiger partial charge in [-0.1, -0.05) is 18.2 Å². The lowest BCUT2D eigenvalue weighted by Gasteiger charge is -2.23. The molecule has 0 saturated heterocycles. The lowest BCUT2D eigenvalue weighted by Crippen LogP contribution is -2.38. The van der Waals surface area contributed by atoms with Crippen molar-refractivity contribution in [3.63, 3.8) is 0 Å². The number of sulfone groups is 1. The van der Waals surface area contributed by atoms with E-state index in [4.69, 9.17) is 0 Å². The number of amides is 2. The maximum absolute atomic E-state index is 13.5. The van der Waals surface area contributed by atoms with Crippen molar-refractivity contribution in [2.24, 2.45) is 0 Å². The summed E-state index contributed by atoms with van der Waals surface area (Å²) in [5, 5.41) is 2.57. The van der Waals surface area contributed by atoms with E-state index >= 15 is 0 Å². The molecule has 0 radical (unpaired) electrons. The summed E-state index contributed by atoms with van der Waals surface area (Å²) >= 11 is 0. The van der Waals surface area contributed by atoms with Crippen LogP contribution in [0.5, 0.6) is 0 Å². The van der Waals surface area contributed by atoms with E-state index in [0.717, 1.165) is 35.1 Å². The molecule has 220 valence electrons. The Morgan fingerprint density at radius 2 is 1.59 bits per heavy atom. The average molecular weight is 593 g/mol. The molecule has 0 bridgehead atoms.